The molecule has 1 aromatic carbocycles. The van der Waals surface area contributed by atoms with Gasteiger partial charge >= 0.3 is 0 Å². The number of imidazole rings is 1. The molecule has 0 fully saturated rings. The monoisotopic (exact) mass is 240 g/mol. The van der Waals surface area contributed by atoms with Gasteiger partial charge < -0.3 is 4.57 Å². The van der Waals surface area contributed by atoms with E-state index in [0.717, 1.165) is 5.52 Å². The largest absolute Gasteiger partial charge is 0.321 e. The van der Waals surface area contributed by atoms with Crippen LogP contribution in [0.2, 0.25) is 0 Å². The lowest BCUT2D eigenvalue weighted by Crippen LogP contribution is -2.23. The van der Waals surface area contributed by atoms with Crippen LogP contribution >= 0.6 is 11.6 Å². The van der Waals surface area contributed by atoms with E-state index in [4.69, 9.17) is 11.6 Å². The number of benzene rings is 1. The van der Waals surface area contributed by atoms with Crippen LogP contribution in [-0.4, -0.2) is 9.55 Å². The molecule has 0 bridgehead atoms. The van der Waals surface area contributed by atoms with Crippen LogP contribution in [0.15, 0.2) is 18.2 Å². The highest BCUT2D eigenvalue weighted by atomic mass is 35.5. The maximum absolute atomic E-state index is 13.6. The summed E-state index contributed by atoms with van der Waals surface area (Å²) < 4.78 is 15.6. The molecule has 2 aromatic rings. The predicted molar refractivity (Wildman–Crippen MR) is 64.2 cm³/mol. The summed E-state index contributed by atoms with van der Waals surface area (Å²) in [5.41, 5.74) is 1.03. The number of para-hydroxylation sites is 1. The second-order valence-electron chi connectivity index (χ2n) is 4.78. The Balaban J connectivity index is 2.84. The minimum Gasteiger partial charge on any atom is -0.321 e. The number of hydrogen-bond acceptors (Lipinski definition) is 1. The summed E-state index contributed by atoms with van der Waals surface area (Å²) in [5.74, 6) is 0.687. The van der Waals surface area contributed by atoms with Crippen molar-refractivity contribution in [3.63, 3.8) is 0 Å². The van der Waals surface area contributed by atoms with Gasteiger partial charge in [-0.25, -0.2) is 9.37 Å². The van der Waals surface area contributed by atoms with E-state index in [1.165, 1.54) is 6.07 Å². The molecular weight excluding hydrogens is 227 g/mol. The number of aromatic nitrogens is 2. The SMILES string of the molecule is CC(C)(C)n1c(CCl)nc2c(F)cccc21. The molecule has 4 heteroatoms. The molecule has 86 valence electrons. The molecule has 2 nitrogen and oxygen atoms in total. The quantitative estimate of drug-likeness (QED) is 0.696. The summed E-state index contributed by atoms with van der Waals surface area (Å²) in [7, 11) is 0. The molecule has 0 aliphatic heterocycles. The van der Waals surface area contributed by atoms with Gasteiger partial charge in [0.25, 0.3) is 0 Å². The maximum atomic E-state index is 13.6. The van der Waals surface area contributed by atoms with E-state index in [1.807, 2.05) is 10.6 Å². The van der Waals surface area contributed by atoms with Crippen LogP contribution < -0.4 is 0 Å². The maximum Gasteiger partial charge on any atom is 0.151 e. The molecule has 0 spiro atoms. The third-order valence-corrected chi connectivity index (χ3v) is 2.73. The average molecular weight is 241 g/mol. The van der Waals surface area contributed by atoms with Crippen molar-refractivity contribution in [1.82, 2.24) is 9.55 Å². The minimum atomic E-state index is -0.299. The number of nitrogens with zero attached hydrogens (tertiary/aromatic N) is 2. The van der Waals surface area contributed by atoms with E-state index in [1.54, 1.807) is 6.07 Å². The second-order valence-corrected chi connectivity index (χ2v) is 5.04. The summed E-state index contributed by atoms with van der Waals surface area (Å²) in [5, 5.41) is 0. The highest BCUT2D eigenvalue weighted by Crippen LogP contribution is 2.27. The zero-order chi connectivity index (χ0) is 11.9. The number of hydrogen-bond donors (Lipinski definition) is 0. The van der Waals surface area contributed by atoms with E-state index < -0.39 is 0 Å². The van der Waals surface area contributed by atoms with Gasteiger partial charge in [0, 0.05) is 5.54 Å². The van der Waals surface area contributed by atoms with E-state index in [0.29, 0.717) is 11.3 Å². The minimum absolute atomic E-state index is 0.160. The first-order valence-electron chi connectivity index (χ1n) is 5.17. The molecule has 0 radical (unpaired) electrons. The number of rotatable bonds is 1. The molecule has 0 N–H and O–H groups in total. The van der Waals surface area contributed by atoms with Crippen LogP contribution in [0.4, 0.5) is 4.39 Å². The van der Waals surface area contributed by atoms with Gasteiger partial charge in [0.2, 0.25) is 0 Å². The summed E-state index contributed by atoms with van der Waals surface area (Å²) >= 11 is 5.86. The van der Waals surface area contributed by atoms with Gasteiger partial charge in [-0.1, -0.05) is 6.07 Å². The van der Waals surface area contributed by atoms with Crippen LogP contribution in [0.3, 0.4) is 0 Å². The van der Waals surface area contributed by atoms with Gasteiger partial charge in [-0.15, -0.1) is 11.6 Å². The van der Waals surface area contributed by atoms with Crippen molar-refractivity contribution < 1.29 is 4.39 Å². The fraction of sp³-hybridized carbons (Fsp3) is 0.417. The summed E-state index contributed by atoms with van der Waals surface area (Å²) in [6, 6.07) is 4.98. The normalized spacial score (nSPS) is 12.3. The summed E-state index contributed by atoms with van der Waals surface area (Å²) in [6.45, 7) is 6.15. The van der Waals surface area contributed by atoms with Gasteiger partial charge in [-0.2, -0.15) is 0 Å². The summed E-state index contributed by atoms with van der Waals surface area (Å²) in [4.78, 5) is 4.25. The summed E-state index contributed by atoms with van der Waals surface area (Å²) in [6.07, 6.45) is 0. The molecule has 0 aliphatic carbocycles. The van der Waals surface area contributed by atoms with Crippen LogP contribution in [-0.2, 0) is 11.4 Å². The van der Waals surface area contributed by atoms with E-state index >= 15 is 0 Å². The lowest BCUT2D eigenvalue weighted by molar-refractivity contribution is 0.398. The van der Waals surface area contributed by atoms with Crippen molar-refractivity contribution in [2.75, 3.05) is 0 Å². The first kappa shape index (κ1) is 11.4. The Morgan fingerprint density at radius 1 is 1.38 bits per heavy atom. The second kappa shape index (κ2) is 3.74. The molecule has 0 saturated carbocycles. The predicted octanol–water partition coefficient (Wildman–Crippen LogP) is 3.67. The van der Waals surface area contributed by atoms with Gasteiger partial charge in [0.1, 0.15) is 11.3 Å². The zero-order valence-electron chi connectivity index (χ0n) is 9.59. The lowest BCUT2D eigenvalue weighted by Gasteiger charge is -2.24. The van der Waals surface area contributed by atoms with Crippen molar-refractivity contribution >= 4 is 22.6 Å². The Hall–Kier alpha value is -1.09. The van der Waals surface area contributed by atoms with Crippen molar-refractivity contribution in [1.29, 1.82) is 0 Å². The van der Waals surface area contributed by atoms with Gasteiger partial charge in [0.05, 0.1) is 11.4 Å². The zero-order valence-corrected chi connectivity index (χ0v) is 10.3. The standard InChI is InChI=1S/C12H14ClFN2/c1-12(2,3)16-9-6-4-5-8(14)11(9)15-10(16)7-13/h4-6H,7H2,1-3H3. The van der Waals surface area contributed by atoms with Gasteiger partial charge in [-0.05, 0) is 32.9 Å². The highest BCUT2D eigenvalue weighted by Gasteiger charge is 2.21. The van der Waals surface area contributed by atoms with E-state index in [9.17, 15) is 4.39 Å². The van der Waals surface area contributed by atoms with Crippen LogP contribution in [0.1, 0.15) is 26.6 Å². The Morgan fingerprint density at radius 2 is 2.06 bits per heavy atom. The van der Waals surface area contributed by atoms with Crippen molar-refractivity contribution in [2.45, 2.75) is 32.2 Å². The average Bonchev–Trinajstić information content (AvgIpc) is 2.57. The third-order valence-electron chi connectivity index (χ3n) is 2.50. The Kier molecular flexibility index (Phi) is 2.66. The fourth-order valence-corrected chi connectivity index (χ4v) is 2.13. The smallest absolute Gasteiger partial charge is 0.151 e. The first-order chi connectivity index (χ1) is 7.45. The first-order valence-corrected chi connectivity index (χ1v) is 5.71. The number of halogens is 2. The Bertz CT molecular complexity index is 526. The fourth-order valence-electron chi connectivity index (χ4n) is 1.95. The molecule has 0 unspecified atom stereocenters. The lowest BCUT2D eigenvalue weighted by atomic mass is 10.1. The number of alkyl halides is 1. The van der Waals surface area contributed by atoms with Crippen LogP contribution in [0.5, 0.6) is 0 Å². The molecular formula is C12H14ClFN2. The highest BCUT2D eigenvalue weighted by molar-refractivity contribution is 6.16. The van der Waals surface area contributed by atoms with Crippen molar-refractivity contribution in [2.24, 2.45) is 0 Å². The molecule has 2 rings (SSSR count). The molecule has 1 heterocycles. The van der Waals surface area contributed by atoms with Crippen LogP contribution in [0, 0.1) is 5.82 Å². The molecule has 1 aromatic heterocycles. The molecule has 0 atom stereocenters. The van der Waals surface area contributed by atoms with E-state index in [2.05, 4.69) is 25.8 Å². The van der Waals surface area contributed by atoms with Crippen LogP contribution in [0.25, 0.3) is 11.0 Å². The van der Waals surface area contributed by atoms with Crippen molar-refractivity contribution in [3.8, 4) is 0 Å². The molecule has 0 aliphatic rings. The number of fused-ring (bicyclic) bond motifs is 1. The Morgan fingerprint density at radius 3 is 2.62 bits per heavy atom. The molecule has 0 amide bonds. The van der Waals surface area contributed by atoms with Crippen molar-refractivity contribution in [3.05, 3.63) is 29.8 Å². The van der Waals surface area contributed by atoms with Gasteiger partial charge in [0.15, 0.2) is 5.82 Å². The third kappa shape index (κ3) is 1.69. The van der Waals surface area contributed by atoms with E-state index in [-0.39, 0.29) is 17.2 Å². The molecule has 16 heavy (non-hydrogen) atoms. The Labute approximate surface area is 99.0 Å². The topological polar surface area (TPSA) is 17.8 Å². The van der Waals surface area contributed by atoms with Gasteiger partial charge in [-0.3, -0.25) is 0 Å². The molecule has 0 saturated heterocycles.